The van der Waals surface area contributed by atoms with Gasteiger partial charge in [-0.25, -0.2) is 9.79 Å². The first-order valence-electron chi connectivity index (χ1n) is 9.14. The van der Waals surface area contributed by atoms with Gasteiger partial charge in [-0.1, -0.05) is 42.0 Å². The summed E-state index contributed by atoms with van der Waals surface area (Å²) in [6, 6.07) is 23.4. The lowest BCUT2D eigenvalue weighted by Crippen LogP contribution is -2.05. The Kier molecular flexibility index (Phi) is 5.76. The predicted octanol–water partition coefficient (Wildman–Crippen LogP) is 5.52. The van der Waals surface area contributed by atoms with Crippen molar-refractivity contribution in [1.82, 2.24) is 0 Å². The molecular weight excluding hydrogens is 477 g/mol. The Hall–Kier alpha value is -2.93. The first-order valence-corrected chi connectivity index (χ1v) is 10.2. The molecule has 0 saturated carbocycles. The van der Waals surface area contributed by atoms with Crippen LogP contribution in [-0.4, -0.2) is 11.9 Å². The molecule has 0 saturated heterocycles. The van der Waals surface area contributed by atoms with E-state index in [-0.39, 0.29) is 5.70 Å². The minimum atomic E-state index is -0.445. The average Bonchev–Trinajstić information content (AvgIpc) is 3.08. The first-order chi connectivity index (χ1) is 14.1. The number of hydrogen-bond donors (Lipinski definition) is 0. The Balaban J connectivity index is 1.45. The molecule has 0 amide bonds. The van der Waals surface area contributed by atoms with Crippen molar-refractivity contribution in [1.29, 1.82) is 0 Å². The van der Waals surface area contributed by atoms with Crippen molar-refractivity contribution in [3.63, 3.8) is 0 Å². The summed E-state index contributed by atoms with van der Waals surface area (Å²) in [5, 5.41) is 0. The van der Waals surface area contributed by atoms with E-state index in [9.17, 15) is 4.79 Å². The molecule has 4 rings (SSSR count). The van der Waals surface area contributed by atoms with Crippen molar-refractivity contribution in [2.75, 3.05) is 0 Å². The molecule has 0 atom stereocenters. The topological polar surface area (TPSA) is 47.9 Å². The maximum absolute atomic E-state index is 12.2. The molecule has 29 heavy (non-hydrogen) atoms. The molecule has 0 spiro atoms. The highest BCUT2D eigenvalue weighted by Gasteiger charge is 2.23. The van der Waals surface area contributed by atoms with Crippen molar-refractivity contribution in [2.45, 2.75) is 13.5 Å². The summed E-state index contributed by atoms with van der Waals surface area (Å²) in [5.74, 6) is 0.655. The molecule has 0 aliphatic carbocycles. The van der Waals surface area contributed by atoms with Gasteiger partial charge in [0, 0.05) is 9.13 Å². The highest BCUT2D eigenvalue weighted by atomic mass is 127. The minimum Gasteiger partial charge on any atom is -0.489 e. The molecule has 5 heteroatoms. The Labute approximate surface area is 183 Å². The molecule has 0 N–H and O–H groups in total. The Morgan fingerprint density at radius 3 is 2.52 bits per heavy atom. The molecule has 4 nitrogen and oxygen atoms in total. The molecule has 3 aromatic carbocycles. The lowest BCUT2D eigenvalue weighted by Gasteiger charge is -2.07. The number of rotatable bonds is 5. The molecule has 144 valence electrons. The van der Waals surface area contributed by atoms with Crippen molar-refractivity contribution in [3.8, 4) is 5.75 Å². The van der Waals surface area contributed by atoms with Crippen molar-refractivity contribution < 1.29 is 14.3 Å². The van der Waals surface area contributed by atoms with Gasteiger partial charge in [0.15, 0.2) is 5.70 Å². The van der Waals surface area contributed by atoms with Crippen LogP contribution in [0.2, 0.25) is 0 Å². The summed E-state index contributed by atoms with van der Waals surface area (Å²) in [7, 11) is 0. The number of halogens is 1. The third-order valence-electron chi connectivity index (χ3n) is 4.40. The van der Waals surface area contributed by atoms with E-state index in [0.29, 0.717) is 12.5 Å². The molecule has 3 aromatic rings. The molecule has 0 bridgehead atoms. The number of ether oxygens (including phenoxy) is 2. The molecule has 0 radical (unpaired) electrons. The fourth-order valence-electron chi connectivity index (χ4n) is 2.84. The average molecular weight is 495 g/mol. The summed E-state index contributed by atoms with van der Waals surface area (Å²) >= 11 is 2.29. The van der Waals surface area contributed by atoms with E-state index in [0.717, 1.165) is 28.0 Å². The zero-order valence-corrected chi connectivity index (χ0v) is 17.9. The summed E-state index contributed by atoms with van der Waals surface area (Å²) in [6.07, 6.45) is 1.72. The van der Waals surface area contributed by atoms with Crippen LogP contribution in [0.5, 0.6) is 5.75 Å². The number of aryl methyl sites for hydroxylation is 1. The van der Waals surface area contributed by atoms with E-state index in [1.807, 2.05) is 73.7 Å². The third-order valence-corrected chi connectivity index (χ3v) is 5.07. The summed E-state index contributed by atoms with van der Waals surface area (Å²) in [6.45, 7) is 2.51. The smallest absolute Gasteiger partial charge is 0.363 e. The van der Waals surface area contributed by atoms with E-state index in [2.05, 4.69) is 33.6 Å². The molecular formula is C24H18INO3. The quantitative estimate of drug-likeness (QED) is 0.266. The lowest BCUT2D eigenvalue weighted by molar-refractivity contribution is -0.129. The molecule has 1 aliphatic heterocycles. The second kappa shape index (κ2) is 8.61. The SMILES string of the molecule is Cc1ccc(C2=N/C(=C\c3ccc(OCc4cccc(I)c4)cc3)C(=O)O2)cc1. The zero-order chi connectivity index (χ0) is 20.2. The van der Waals surface area contributed by atoms with Gasteiger partial charge in [-0.05, 0) is 83.1 Å². The number of carbonyl (C=O) groups is 1. The second-order valence-corrected chi connectivity index (χ2v) is 7.94. The third kappa shape index (κ3) is 4.92. The number of nitrogens with zero attached hydrogens (tertiary/aromatic N) is 1. The van der Waals surface area contributed by atoms with E-state index in [1.165, 1.54) is 3.57 Å². The molecule has 1 aliphatic rings. The van der Waals surface area contributed by atoms with Crippen LogP contribution < -0.4 is 4.74 Å². The number of aliphatic imine (C=N–C) groups is 1. The fraction of sp³-hybridized carbons (Fsp3) is 0.0833. The van der Waals surface area contributed by atoms with Crippen LogP contribution in [0, 0.1) is 10.5 Å². The van der Waals surface area contributed by atoms with Crippen molar-refractivity contribution in [3.05, 3.63) is 104 Å². The van der Waals surface area contributed by atoms with Crippen LogP contribution in [0.3, 0.4) is 0 Å². The highest BCUT2D eigenvalue weighted by molar-refractivity contribution is 14.1. The maximum atomic E-state index is 12.2. The van der Waals surface area contributed by atoms with E-state index < -0.39 is 5.97 Å². The van der Waals surface area contributed by atoms with Crippen LogP contribution in [0.1, 0.15) is 22.3 Å². The van der Waals surface area contributed by atoms with Gasteiger partial charge in [-0.3, -0.25) is 0 Å². The van der Waals surface area contributed by atoms with E-state index in [4.69, 9.17) is 9.47 Å². The van der Waals surface area contributed by atoms with Gasteiger partial charge in [-0.15, -0.1) is 0 Å². The summed E-state index contributed by atoms with van der Waals surface area (Å²) in [4.78, 5) is 16.5. The normalized spacial score (nSPS) is 14.6. The van der Waals surface area contributed by atoms with Crippen LogP contribution in [0.25, 0.3) is 6.08 Å². The minimum absolute atomic E-state index is 0.285. The lowest BCUT2D eigenvalue weighted by atomic mass is 10.1. The molecule has 0 aromatic heterocycles. The predicted molar refractivity (Wildman–Crippen MR) is 122 cm³/mol. The Bertz CT molecular complexity index is 1100. The van der Waals surface area contributed by atoms with Crippen molar-refractivity contribution >= 4 is 40.5 Å². The first kappa shape index (κ1) is 19.4. The van der Waals surface area contributed by atoms with Gasteiger partial charge in [0.25, 0.3) is 0 Å². The standard InChI is InChI=1S/C24H18INO3/c1-16-5-9-19(10-6-16)23-26-22(24(27)29-23)14-17-7-11-21(12-8-17)28-15-18-3-2-4-20(25)13-18/h2-14H,15H2,1H3/b22-14-. The van der Waals surface area contributed by atoms with E-state index >= 15 is 0 Å². The van der Waals surface area contributed by atoms with Crippen LogP contribution in [0.15, 0.2) is 83.5 Å². The van der Waals surface area contributed by atoms with Gasteiger partial charge in [0.05, 0.1) is 0 Å². The van der Waals surface area contributed by atoms with Crippen LogP contribution >= 0.6 is 22.6 Å². The summed E-state index contributed by atoms with van der Waals surface area (Å²) in [5.41, 5.74) is 4.18. The maximum Gasteiger partial charge on any atom is 0.363 e. The molecule has 1 heterocycles. The van der Waals surface area contributed by atoms with Gasteiger partial charge >= 0.3 is 5.97 Å². The largest absolute Gasteiger partial charge is 0.489 e. The van der Waals surface area contributed by atoms with Gasteiger partial charge in [0.2, 0.25) is 5.90 Å². The zero-order valence-electron chi connectivity index (χ0n) is 15.8. The Morgan fingerprint density at radius 2 is 1.79 bits per heavy atom. The molecule has 0 fully saturated rings. The number of benzene rings is 3. The monoisotopic (exact) mass is 495 g/mol. The highest BCUT2D eigenvalue weighted by Crippen LogP contribution is 2.21. The van der Waals surface area contributed by atoms with Gasteiger partial charge in [-0.2, -0.15) is 0 Å². The Morgan fingerprint density at radius 1 is 1.03 bits per heavy atom. The number of cyclic esters (lactones) is 1. The van der Waals surface area contributed by atoms with Crippen LogP contribution in [-0.2, 0) is 16.1 Å². The summed E-state index contributed by atoms with van der Waals surface area (Å²) < 4.78 is 12.3. The van der Waals surface area contributed by atoms with Gasteiger partial charge < -0.3 is 9.47 Å². The number of hydrogen-bond acceptors (Lipinski definition) is 4. The fourth-order valence-corrected chi connectivity index (χ4v) is 3.45. The van der Waals surface area contributed by atoms with Gasteiger partial charge in [0.1, 0.15) is 12.4 Å². The van der Waals surface area contributed by atoms with Crippen molar-refractivity contribution in [2.24, 2.45) is 4.99 Å². The second-order valence-electron chi connectivity index (χ2n) is 6.69. The number of esters is 1. The van der Waals surface area contributed by atoms with E-state index in [1.54, 1.807) is 6.08 Å². The number of carbonyl (C=O) groups excluding carboxylic acids is 1. The van der Waals surface area contributed by atoms with Crippen LogP contribution in [0.4, 0.5) is 0 Å². The molecule has 0 unspecified atom stereocenters.